The first-order valence-electron chi connectivity index (χ1n) is 1.33. The van der Waals surface area contributed by atoms with Gasteiger partial charge in [0.15, 0.2) is 0 Å². The second-order valence-corrected chi connectivity index (χ2v) is 2.45. The van der Waals surface area contributed by atoms with Crippen molar-refractivity contribution in [1.82, 2.24) is 0 Å². The number of hydrogen-bond acceptors (Lipinski definition) is 8. The maximum Gasteiger partial charge on any atom is 2.00 e. The second-order valence-electron chi connectivity index (χ2n) is 0.816. The minimum absolute atomic E-state index is 0. The molecule has 0 N–H and O–H groups in total. The van der Waals surface area contributed by atoms with Gasteiger partial charge in [-0.1, -0.05) is 0 Å². The summed E-state index contributed by atoms with van der Waals surface area (Å²) in [5, 5.41) is 0. The minimum atomic E-state index is -5.17. The van der Waals surface area contributed by atoms with Crippen LogP contribution >= 0.6 is 0 Å². The van der Waals surface area contributed by atoms with Crippen molar-refractivity contribution in [1.29, 1.82) is 0 Å². The molecule has 0 spiro atoms. The van der Waals surface area contributed by atoms with E-state index in [0.717, 1.165) is 0 Å². The van der Waals surface area contributed by atoms with E-state index in [1.165, 1.54) is 0 Å². The van der Waals surface area contributed by atoms with Crippen molar-refractivity contribution in [2.45, 2.75) is 0 Å². The van der Waals surface area contributed by atoms with Crippen LogP contribution in [0, 0.1) is 0 Å². The average Bonchev–Trinajstić information content (AvgIpc) is 1.12. The van der Waals surface area contributed by atoms with E-state index in [9.17, 15) is 0 Å². The Kier molecular flexibility index (Phi) is 16.3. The molecule has 0 aromatic heterocycles. The van der Waals surface area contributed by atoms with E-state index >= 15 is 0 Å². The zero-order chi connectivity index (χ0) is 9.00. The summed E-state index contributed by atoms with van der Waals surface area (Å²) in [5.41, 5.74) is 0. The molecule has 0 aliphatic carbocycles. The Balaban J connectivity index is -0.0000000457. The van der Waals surface area contributed by atoms with Crippen LogP contribution in [0.15, 0.2) is 0 Å². The fraction of sp³-hybridized carbons (Fsp3) is 0. The molecule has 0 rings (SSSR count). The third-order valence-corrected chi connectivity index (χ3v) is 0. The SMILES string of the molecule is O=S(=O)([O-])[O-].O=S(=O)([O-])[O-].[Se+2].[Zn+2]. The minimum Gasteiger partial charge on any atom is -0.759 e. The molecule has 0 aromatic carbocycles. The van der Waals surface area contributed by atoms with Crippen LogP contribution in [0.2, 0.25) is 0 Å². The molecule has 0 unspecified atom stereocenters. The van der Waals surface area contributed by atoms with E-state index < -0.39 is 20.8 Å². The molecule has 4 radical (unpaired) electrons. The van der Waals surface area contributed by atoms with E-state index in [4.69, 9.17) is 35.0 Å². The summed E-state index contributed by atoms with van der Waals surface area (Å²) < 4.78 is 68.2. The Morgan fingerprint density at radius 2 is 0.667 bits per heavy atom. The molecule has 8 nitrogen and oxygen atoms in total. The van der Waals surface area contributed by atoms with Crippen molar-refractivity contribution in [3.63, 3.8) is 0 Å². The van der Waals surface area contributed by atoms with Crippen molar-refractivity contribution in [3.8, 4) is 0 Å². The molecule has 68 valence electrons. The first-order chi connectivity index (χ1) is 4.00. The van der Waals surface area contributed by atoms with Gasteiger partial charge in [-0.15, -0.1) is 0 Å². The van der Waals surface area contributed by atoms with Gasteiger partial charge < -0.3 is 18.2 Å². The van der Waals surface area contributed by atoms with Crippen molar-refractivity contribution < 1.29 is 54.5 Å². The van der Waals surface area contributed by atoms with Gasteiger partial charge in [-0.3, -0.25) is 16.8 Å². The summed E-state index contributed by atoms with van der Waals surface area (Å²) in [6.45, 7) is 0. The maximum absolute atomic E-state index is 8.52. The van der Waals surface area contributed by atoms with Gasteiger partial charge in [0.2, 0.25) is 0 Å². The quantitative estimate of drug-likeness (QED) is 0.256. The Bertz CT molecular complexity index is 213. The van der Waals surface area contributed by atoms with Crippen molar-refractivity contribution >= 4 is 37.9 Å². The van der Waals surface area contributed by atoms with Crippen LogP contribution < -0.4 is 0 Å². The van der Waals surface area contributed by atoms with Gasteiger partial charge in [0.1, 0.15) is 0 Å². The van der Waals surface area contributed by atoms with Gasteiger partial charge in [0.05, 0.1) is 0 Å². The Labute approximate surface area is 92.1 Å². The molecule has 0 aromatic rings. The Hall–Kier alpha value is 0.883. The molecule has 0 atom stereocenters. The van der Waals surface area contributed by atoms with Gasteiger partial charge in [0.25, 0.3) is 0 Å². The van der Waals surface area contributed by atoms with E-state index in [1.54, 1.807) is 0 Å². The second kappa shape index (κ2) is 8.48. The normalized spacial score (nSPS) is 9.67. The summed E-state index contributed by atoms with van der Waals surface area (Å²) in [6, 6.07) is 0. The average molecular weight is 336 g/mol. The van der Waals surface area contributed by atoms with Crippen molar-refractivity contribution in [3.05, 3.63) is 0 Å². The Morgan fingerprint density at radius 3 is 0.667 bits per heavy atom. The topological polar surface area (TPSA) is 161 Å². The van der Waals surface area contributed by atoms with Crippen LogP contribution in [0.25, 0.3) is 0 Å². The molecular weight excluding hydrogens is 336 g/mol. The summed E-state index contributed by atoms with van der Waals surface area (Å²) in [6.07, 6.45) is 0. The van der Waals surface area contributed by atoms with Gasteiger partial charge in [-0.2, -0.15) is 0 Å². The molecule has 12 heteroatoms. The van der Waals surface area contributed by atoms with Gasteiger partial charge in [-0.25, -0.2) is 0 Å². The van der Waals surface area contributed by atoms with Crippen LogP contribution in [-0.4, -0.2) is 52.1 Å². The first-order valence-corrected chi connectivity index (χ1v) is 4.00. The fourth-order valence-electron chi connectivity index (χ4n) is 0. The first kappa shape index (κ1) is 23.1. The molecule has 0 fully saturated rings. The predicted octanol–water partition coefficient (Wildman–Crippen LogP) is -3.06. The van der Waals surface area contributed by atoms with E-state index in [1.807, 2.05) is 0 Å². The summed E-state index contributed by atoms with van der Waals surface area (Å²) in [5.74, 6) is 0. The summed E-state index contributed by atoms with van der Waals surface area (Å²) >= 11 is 0. The summed E-state index contributed by atoms with van der Waals surface area (Å²) in [7, 11) is -10.3. The number of rotatable bonds is 0. The molecule has 0 aliphatic heterocycles. The van der Waals surface area contributed by atoms with E-state index in [0.29, 0.717) is 0 Å². The summed E-state index contributed by atoms with van der Waals surface area (Å²) in [4.78, 5) is 0. The van der Waals surface area contributed by atoms with Crippen LogP contribution in [0.4, 0.5) is 0 Å². The molecule has 0 saturated heterocycles. The standard InChI is InChI=1S/2H2O4S.Se.Zn/c2*1-5(2,3)4;;/h2*(H2,1,2,3,4);;/q;;2*+2/p-4. The molecule has 0 heterocycles. The van der Waals surface area contributed by atoms with Crippen LogP contribution in [-0.2, 0) is 40.3 Å². The van der Waals surface area contributed by atoms with Gasteiger partial charge in [0, 0.05) is 20.8 Å². The molecule has 0 amide bonds. The fourth-order valence-corrected chi connectivity index (χ4v) is 0. The number of hydrogen-bond donors (Lipinski definition) is 0. The van der Waals surface area contributed by atoms with E-state index in [-0.39, 0.29) is 36.5 Å². The zero-order valence-electron chi connectivity index (χ0n) is 5.20. The molecule has 0 aliphatic rings. The van der Waals surface area contributed by atoms with Crippen LogP contribution in [0.3, 0.4) is 0 Å². The zero-order valence-corrected chi connectivity index (χ0v) is 11.5. The maximum atomic E-state index is 8.52. The Morgan fingerprint density at radius 1 is 0.667 bits per heavy atom. The van der Waals surface area contributed by atoms with Gasteiger partial charge in [-0.05, 0) is 0 Å². The van der Waals surface area contributed by atoms with Crippen LogP contribution in [0.5, 0.6) is 0 Å². The third-order valence-electron chi connectivity index (χ3n) is 0. The van der Waals surface area contributed by atoms with Gasteiger partial charge >= 0.3 is 36.5 Å². The molecular formula is O8S2SeZn. The van der Waals surface area contributed by atoms with Crippen molar-refractivity contribution in [2.75, 3.05) is 0 Å². The monoisotopic (exact) mass is 336 g/mol. The molecule has 0 bridgehead atoms. The molecule has 12 heavy (non-hydrogen) atoms. The molecule has 0 saturated carbocycles. The van der Waals surface area contributed by atoms with Crippen LogP contribution in [0.1, 0.15) is 0 Å². The van der Waals surface area contributed by atoms with E-state index in [2.05, 4.69) is 0 Å². The van der Waals surface area contributed by atoms with Crippen molar-refractivity contribution in [2.24, 2.45) is 0 Å². The predicted molar refractivity (Wildman–Crippen MR) is 26.7 cm³/mol. The smallest absolute Gasteiger partial charge is 0.759 e. The third kappa shape index (κ3) is 1360. The largest absolute Gasteiger partial charge is 2.00 e.